The number of halogens is 1. The summed E-state index contributed by atoms with van der Waals surface area (Å²) in [6.45, 7) is 3.41. The van der Waals surface area contributed by atoms with Gasteiger partial charge in [0.15, 0.2) is 17.2 Å². The topological polar surface area (TPSA) is 76.7 Å². The molecule has 32 heavy (non-hydrogen) atoms. The highest BCUT2D eigenvalue weighted by molar-refractivity contribution is 5.97. The number of hydrogen-bond acceptors (Lipinski definition) is 5. The molecule has 1 N–H and O–H groups in total. The number of carbonyl (C=O) groups is 1. The number of hydrogen-bond donors (Lipinski definition) is 1. The zero-order chi connectivity index (χ0) is 22.7. The van der Waals surface area contributed by atoms with Crippen LogP contribution in [-0.4, -0.2) is 31.9 Å². The van der Waals surface area contributed by atoms with Crippen molar-refractivity contribution in [3.05, 3.63) is 95.5 Å². The van der Waals surface area contributed by atoms with Gasteiger partial charge in [-0.15, -0.1) is 0 Å². The fraction of sp³-hybridized carbons (Fsp3) is 0.240. The van der Waals surface area contributed by atoms with Crippen molar-refractivity contribution in [2.24, 2.45) is 0 Å². The Balaban J connectivity index is 1.64. The molecule has 3 aromatic heterocycles. The van der Waals surface area contributed by atoms with Crippen LogP contribution in [0, 0.1) is 12.7 Å². The summed E-state index contributed by atoms with van der Waals surface area (Å²) in [6.07, 6.45) is 3.37. The van der Waals surface area contributed by atoms with E-state index in [9.17, 15) is 14.3 Å². The number of fused-ring (bicyclic) bond motifs is 1. The zero-order valence-electron chi connectivity index (χ0n) is 18.0. The smallest absolute Gasteiger partial charge is 0.182 e. The Labute approximate surface area is 185 Å². The molecule has 0 spiro atoms. The third-order valence-corrected chi connectivity index (χ3v) is 5.62. The molecular formula is C25H24FN3O3. The monoisotopic (exact) mass is 433 g/mol. The van der Waals surface area contributed by atoms with Gasteiger partial charge in [-0.25, -0.2) is 9.37 Å². The van der Waals surface area contributed by atoms with Crippen molar-refractivity contribution in [1.29, 1.82) is 0 Å². The molecular weight excluding hydrogens is 409 g/mol. The number of benzene rings is 1. The van der Waals surface area contributed by atoms with Gasteiger partial charge in [0.1, 0.15) is 23.8 Å². The molecule has 0 radical (unpaired) electrons. The van der Waals surface area contributed by atoms with Crippen LogP contribution in [0.25, 0.3) is 5.65 Å². The molecule has 0 aliphatic heterocycles. The Morgan fingerprint density at radius 2 is 1.94 bits per heavy atom. The highest BCUT2D eigenvalue weighted by Gasteiger charge is 2.31. The Bertz CT molecular complexity index is 1260. The number of aliphatic hydroxyl groups is 1. The maximum absolute atomic E-state index is 13.9. The number of ketones is 1. The summed E-state index contributed by atoms with van der Waals surface area (Å²) in [4.78, 5) is 21.9. The van der Waals surface area contributed by atoms with Crippen molar-refractivity contribution in [2.75, 3.05) is 6.61 Å². The van der Waals surface area contributed by atoms with Gasteiger partial charge in [0.05, 0.1) is 12.3 Å². The van der Waals surface area contributed by atoms with E-state index >= 15 is 0 Å². The summed E-state index contributed by atoms with van der Waals surface area (Å²) in [5, 5.41) is 10.1. The van der Waals surface area contributed by atoms with Crippen molar-refractivity contribution < 1.29 is 19.0 Å². The van der Waals surface area contributed by atoms with E-state index in [-0.39, 0.29) is 31.1 Å². The van der Waals surface area contributed by atoms with E-state index < -0.39 is 11.2 Å². The van der Waals surface area contributed by atoms with Crippen LogP contribution in [0.4, 0.5) is 4.39 Å². The predicted molar refractivity (Wildman–Crippen MR) is 118 cm³/mol. The van der Waals surface area contributed by atoms with Gasteiger partial charge in [0.25, 0.3) is 0 Å². The first kappa shape index (κ1) is 21.6. The number of nitrogens with zero attached hydrogens (tertiary/aromatic N) is 3. The number of Topliss-reactive ketones (excluding diaryl/α,β-unsaturated/α-hetero) is 1. The van der Waals surface area contributed by atoms with Gasteiger partial charge in [-0.2, -0.15) is 0 Å². The first-order valence-corrected chi connectivity index (χ1v) is 10.3. The van der Waals surface area contributed by atoms with Crippen molar-refractivity contribution >= 4 is 11.4 Å². The molecule has 0 bridgehead atoms. The van der Waals surface area contributed by atoms with Crippen molar-refractivity contribution in [2.45, 2.75) is 32.3 Å². The van der Waals surface area contributed by atoms with E-state index in [1.807, 2.05) is 37.3 Å². The standard InChI is InChI=1S/C25H24FN3O3/c1-17-23(21(31)14-25(2,16-30)18-8-4-3-5-9-18)29-13-7-11-22(24(29)28-17)32-15-20-19(26)10-6-12-27-20/h3-13,30H,14-16H2,1-2H3/t25-/m0/s1. The van der Waals surface area contributed by atoms with Gasteiger partial charge >= 0.3 is 0 Å². The fourth-order valence-corrected chi connectivity index (χ4v) is 3.80. The minimum absolute atomic E-state index is 0.0574. The first-order valence-electron chi connectivity index (χ1n) is 10.3. The summed E-state index contributed by atoms with van der Waals surface area (Å²) in [6, 6.07) is 15.8. The van der Waals surface area contributed by atoms with Crippen LogP contribution in [0.1, 0.15) is 40.8 Å². The minimum Gasteiger partial charge on any atom is -0.483 e. The summed E-state index contributed by atoms with van der Waals surface area (Å²) in [5.41, 5.74) is 1.82. The molecule has 6 nitrogen and oxygen atoms in total. The number of pyridine rings is 2. The fourth-order valence-electron chi connectivity index (χ4n) is 3.80. The second-order valence-electron chi connectivity index (χ2n) is 8.02. The van der Waals surface area contributed by atoms with Crippen molar-refractivity contribution in [3.63, 3.8) is 0 Å². The van der Waals surface area contributed by atoms with Crippen LogP contribution in [0.5, 0.6) is 5.75 Å². The van der Waals surface area contributed by atoms with E-state index in [0.29, 0.717) is 22.8 Å². The van der Waals surface area contributed by atoms with Crippen LogP contribution in [0.15, 0.2) is 67.0 Å². The summed E-state index contributed by atoms with van der Waals surface area (Å²) in [5.74, 6) is -0.157. The number of ether oxygens (including phenoxy) is 1. The number of rotatable bonds is 8. The zero-order valence-corrected chi connectivity index (χ0v) is 18.0. The van der Waals surface area contributed by atoms with Gasteiger partial charge in [-0.05, 0) is 36.8 Å². The summed E-state index contributed by atoms with van der Waals surface area (Å²) >= 11 is 0. The lowest BCUT2D eigenvalue weighted by Gasteiger charge is -2.27. The molecule has 0 amide bonds. The highest BCUT2D eigenvalue weighted by atomic mass is 19.1. The van der Waals surface area contributed by atoms with E-state index in [0.717, 1.165) is 5.56 Å². The molecule has 0 saturated carbocycles. The van der Waals surface area contributed by atoms with Crippen molar-refractivity contribution in [1.82, 2.24) is 14.4 Å². The molecule has 7 heteroatoms. The number of aryl methyl sites for hydroxylation is 1. The number of aliphatic hydroxyl groups excluding tert-OH is 1. The number of imidazole rings is 1. The van der Waals surface area contributed by atoms with Gasteiger partial charge in [-0.3, -0.25) is 14.2 Å². The summed E-state index contributed by atoms with van der Waals surface area (Å²) in [7, 11) is 0. The number of carbonyl (C=O) groups excluding carboxylic acids is 1. The largest absolute Gasteiger partial charge is 0.483 e. The van der Waals surface area contributed by atoms with Gasteiger partial charge < -0.3 is 9.84 Å². The third kappa shape index (κ3) is 4.11. The molecule has 3 heterocycles. The van der Waals surface area contributed by atoms with Crippen LogP contribution in [0.2, 0.25) is 0 Å². The average Bonchev–Trinajstić information content (AvgIpc) is 3.15. The van der Waals surface area contributed by atoms with Crippen LogP contribution >= 0.6 is 0 Å². The lowest BCUT2D eigenvalue weighted by Crippen LogP contribution is -2.30. The van der Waals surface area contributed by atoms with E-state index in [1.54, 1.807) is 29.7 Å². The Hall–Kier alpha value is -3.58. The maximum Gasteiger partial charge on any atom is 0.182 e. The van der Waals surface area contributed by atoms with Gasteiger partial charge in [0.2, 0.25) is 0 Å². The summed E-state index contributed by atoms with van der Waals surface area (Å²) < 4.78 is 21.4. The third-order valence-electron chi connectivity index (χ3n) is 5.62. The normalized spacial score (nSPS) is 13.1. The molecule has 0 aliphatic rings. The molecule has 0 saturated heterocycles. The van der Waals surface area contributed by atoms with E-state index in [4.69, 9.17) is 4.74 Å². The minimum atomic E-state index is -0.723. The lowest BCUT2D eigenvalue weighted by molar-refractivity contribution is 0.0912. The second-order valence-corrected chi connectivity index (χ2v) is 8.02. The lowest BCUT2D eigenvalue weighted by atomic mass is 9.78. The predicted octanol–water partition coefficient (Wildman–Crippen LogP) is 4.28. The Morgan fingerprint density at radius 1 is 1.16 bits per heavy atom. The Kier molecular flexibility index (Phi) is 6.01. The van der Waals surface area contributed by atoms with Gasteiger partial charge in [0, 0.05) is 24.2 Å². The number of aromatic nitrogens is 3. The van der Waals surface area contributed by atoms with Crippen molar-refractivity contribution in [3.8, 4) is 5.75 Å². The molecule has 1 atom stereocenters. The van der Waals surface area contributed by atoms with Crippen LogP contribution in [0.3, 0.4) is 0 Å². The molecule has 1 aromatic carbocycles. The van der Waals surface area contributed by atoms with Gasteiger partial charge in [-0.1, -0.05) is 37.3 Å². The maximum atomic E-state index is 13.9. The Morgan fingerprint density at radius 3 is 2.66 bits per heavy atom. The van der Waals surface area contributed by atoms with E-state index in [1.165, 1.54) is 18.3 Å². The van der Waals surface area contributed by atoms with Crippen LogP contribution in [-0.2, 0) is 12.0 Å². The molecule has 0 fully saturated rings. The molecule has 0 unspecified atom stereocenters. The quantitative estimate of drug-likeness (QED) is 0.420. The van der Waals surface area contributed by atoms with E-state index in [2.05, 4.69) is 9.97 Å². The second kappa shape index (κ2) is 8.88. The molecule has 4 rings (SSSR count). The first-order chi connectivity index (χ1) is 15.4. The molecule has 164 valence electrons. The average molecular weight is 433 g/mol. The van der Waals surface area contributed by atoms with Crippen LogP contribution < -0.4 is 4.74 Å². The molecule has 4 aromatic rings. The highest BCUT2D eigenvalue weighted by Crippen LogP contribution is 2.30. The molecule has 0 aliphatic carbocycles. The SMILES string of the molecule is Cc1nc2c(OCc3ncccc3F)cccn2c1C(=O)C[C@@](C)(CO)c1ccccc1.